The first-order valence-corrected chi connectivity index (χ1v) is 8.56. The van der Waals surface area contributed by atoms with Crippen molar-refractivity contribution in [3.05, 3.63) is 79.1 Å². The fourth-order valence-electron chi connectivity index (χ4n) is 2.90. The molecule has 5 rings (SSSR count). The number of fused-ring (bicyclic) bond motifs is 3. The van der Waals surface area contributed by atoms with Crippen LogP contribution in [0.4, 0.5) is 11.4 Å². The lowest BCUT2D eigenvalue weighted by Crippen LogP contribution is -1.93. The van der Waals surface area contributed by atoms with Crippen LogP contribution in [0.5, 0.6) is 0 Å². The van der Waals surface area contributed by atoms with Crippen LogP contribution in [0.1, 0.15) is 7.43 Å². The minimum absolute atomic E-state index is 0. The summed E-state index contributed by atoms with van der Waals surface area (Å²) in [4.78, 5) is 15.7. The summed E-state index contributed by atoms with van der Waals surface area (Å²) < 4.78 is 0. The molecule has 4 aromatic carbocycles. The minimum Gasteiger partial charge on any atom is -0.483 e. The summed E-state index contributed by atoms with van der Waals surface area (Å²) in [6.45, 7) is -0.250. The number of anilines is 2. The Labute approximate surface area is 168 Å². The molecule has 0 aliphatic carbocycles. The first-order valence-electron chi connectivity index (χ1n) is 8.56. The van der Waals surface area contributed by atoms with Crippen LogP contribution in [0.2, 0.25) is 0 Å². The van der Waals surface area contributed by atoms with E-state index < -0.39 is 0 Å². The second-order valence-electron chi connectivity index (χ2n) is 6.05. The molecule has 0 aliphatic heterocycles. The highest BCUT2D eigenvalue weighted by molar-refractivity contribution is 5.94. The molecule has 0 radical (unpaired) electrons. The summed E-state index contributed by atoms with van der Waals surface area (Å²) in [7, 11) is 0. The van der Waals surface area contributed by atoms with Gasteiger partial charge in [-0.15, -0.1) is 0 Å². The molecule has 0 fully saturated rings. The molecule has 1 aromatic heterocycles. The van der Waals surface area contributed by atoms with Crippen molar-refractivity contribution in [2.45, 2.75) is 7.43 Å². The van der Waals surface area contributed by atoms with E-state index in [-0.39, 0.29) is 13.9 Å². The molecule has 0 saturated heterocycles. The quantitative estimate of drug-likeness (QED) is 0.218. The van der Waals surface area contributed by atoms with Crippen molar-refractivity contribution in [3.8, 4) is 0 Å². The van der Waals surface area contributed by atoms with E-state index in [1.807, 2.05) is 48.5 Å². The topological polar surface area (TPSA) is 118 Å². The number of carboxylic acid groups (broad SMARTS) is 1. The Hall–Kier alpha value is -4.06. The molecule has 6 heteroatoms. The van der Waals surface area contributed by atoms with Crippen LogP contribution in [-0.2, 0) is 4.79 Å². The van der Waals surface area contributed by atoms with Gasteiger partial charge in [-0.05, 0) is 45.8 Å². The van der Waals surface area contributed by atoms with Gasteiger partial charge in [0, 0.05) is 0 Å². The Balaban J connectivity index is 0.000000178. The molecule has 0 unspecified atom stereocenters. The maximum absolute atomic E-state index is 8.36. The first kappa shape index (κ1) is 21.2. The van der Waals surface area contributed by atoms with E-state index in [4.69, 9.17) is 21.4 Å². The second-order valence-corrected chi connectivity index (χ2v) is 6.05. The lowest BCUT2D eigenvalue weighted by atomic mass is 10.1. The number of carbonyl (C=O) groups is 1. The van der Waals surface area contributed by atoms with Crippen molar-refractivity contribution >= 4 is 50.4 Å². The van der Waals surface area contributed by atoms with Crippen LogP contribution < -0.4 is 11.5 Å². The van der Waals surface area contributed by atoms with Crippen molar-refractivity contribution < 1.29 is 9.90 Å². The number of nitrogens with two attached hydrogens (primary N) is 2. The highest BCUT2D eigenvalue weighted by Gasteiger charge is 1.98. The highest BCUT2D eigenvalue weighted by Crippen LogP contribution is 2.23. The average Bonchev–Trinajstić information content (AvgIpc) is 3.15. The third-order valence-corrected chi connectivity index (χ3v) is 4.24. The third kappa shape index (κ3) is 5.01. The number of H-pyrrole nitrogens is 1. The van der Waals surface area contributed by atoms with Gasteiger partial charge in [0.25, 0.3) is 6.47 Å². The van der Waals surface area contributed by atoms with Gasteiger partial charge in [0.15, 0.2) is 0 Å². The van der Waals surface area contributed by atoms with Crippen molar-refractivity contribution in [1.29, 1.82) is 0 Å². The number of imidazole rings is 1. The zero-order chi connectivity index (χ0) is 19.9. The fraction of sp³-hybridized carbons (Fsp3) is 0.0435. The molecule has 0 aliphatic rings. The molecule has 0 bridgehead atoms. The molecule has 0 atom stereocenters. The van der Waals surface area contributed by atoms with Crippen molar-refractivity contribution in [2.24, 2.45) is 0 Å². The molecule has 6 N–H and O–H groups in total. The standard InChI is InChI=1S/C11H8N2.C10H10N2.CH2O2.CH4/c1-2-4-9-6-11-10(12-7-13-11)5-8(9)3-1;11-9-5-7-3-1-2-4-8(7)6-10(9)12;2-1-3;/h1-7H,(H,12,13);1-6H,11-12H2;1H,(H,2,3);1H4. The SMILES string of the molecule is C.Nc1cc2ccccc2cc1N.O=CO.c1ccc2cc3[nH]cnc3cc2c1. The molecule has 6 nitrogen and oxygen atoms in total. The summed E-state index contributed by atoms with van der Waals surface area (Å²) in [6, 6.07) is 24.3. The van der Waals surface area contributed by atoms with Crippen molar-refractivity contribution in [2.75, 3.05) is 11.5 Å². The van der Waals surface area contributed by atoms with Gasteiger partial charge >= 0.3 is 0 Å². The van der Waals surface area contributed by atoms with Crippen LogP contribution in [0, 0.1) is 0 Å². The van der Waals surface area contributed by atoms with Gasteiger partial charge in [0.1, 0.15) is 0 Å². The molecular weight excluding hydrogens is 364 g/mol. The summed E-state index contributed by atoms with van der Waals surface area (Å²) >= 11 is 0. The van der Waals surface area contributed by atoms with Gasteiger partial charge in [-0.2, -0.15) is 0 Å². The fourth-order valence-corrected chi connectivity index (χ4v) is 2.90. The van der Waals surface area contributed by atoms with Crippen molar-refractivity contribution in [1.82, 2.24) is 9.97 Å². The summed E-state index contributed by atoms with van der Waals surface area (Å²) in [5.41, 5.74) is 14.7. The van der Waals surface area contributed by atoms with Gasteiger partial charge in [-0.3, -0.25) is 4.79 Å². The largest absolute Gasteiger partial charge is 0.483 e. The van der Waals surface area contributed by atoms with Crippen LogP contribution in [0.25, 0.3) is 32.6 Å². The number of hydrogen-bond donors (Lipinski definition) is 4. The Bertz CT molecular complexity index is 1140. The first-order chi connectivity index (χ1) is 13.6. The number of aromatic amines is 1. The van der Waals surface area contributed by atoms with E-state index in [1.54, 1.807) is 6.33 Å². The number of nitrogen functional groups attached to an aromatic ring is 2. The molecule has 0 spiro atoms. The lowest BCUT2D eigenvalue weighted by Gasteiger charge is -2.02. The molecule has 5 aromatic rings. The highest BCUT2D eigenvalue weighted by atomic mass is 16.3. The molecule has 29 heavy (non-hydrogen) atoms. The Morgan fingerprint density at radius 1 is 0.793 bits per heavy atom. The molecule has 1 heterocycles. The summed E-state index contributed by atoms with van der Waals surface area (Å²) in [6.07, 6.45) is 1.73. The van der Waals surface area contributed by atoms with Crippen LogP contribution in [0.3, 0.4) is 0 Å². The van der Waals surface area contributed by atoms with Crippen molar-refractivity contribution in [3.63, 3.8) is 0 Å². The van der Waals surface area contributed by atoms with E-state index in [1.165, 1.54) is 10.8 Å². The second kappa shape index (κ2) is 9.75. The van der Waals surface area contributed by atoms with E-state index in [2.05, 4.69) is 34.2 Å². The van der Waals surface area contributed by atoms with Gasteiger partial charge < -0.3 is 21.6 Å². The van der Waals surface area contributed by atoms with Gasteiger partial charge in [-0.25, -0.2) is 4.98 Å². The Morgan fingerprint density at radius 2 is 1.21 bits per heavy atom. The lowest BCUT2D eigenvalue weighted by molar-refractivity contribution is -0.122. The summed E-state index contributed by atoms with van der Waals surface area (Å²) in [5.74, 6) is 0. The average molecular weight is 388 g/mol. The van der Waals surface area contributed by atoms with Gasteiger partial charge in [0.2, 0.25) is 0 Å². The molecule has 148 valence electrons. The maximum atomic E-state index is 8.36. The van der Waals surface area contributed by atoms with Crippen LogP contribution in [-0.4, -0.2) is 21.5 Å². The Morgan fingerprint density at radius 3 is 1.69 bits per heavy atom. The number of rotatable bonds is 0. The third-order valence-electron chi connectivity index (χ3n) is 4.24. The predicted octanol–water partition coefficient (Wildman–Crippen LogP) is 5.06. The van der Waals surface area contributed by atoms with Crippen LogP contribution >= 0.6 is 0 Å². The van der Waals surface area contributed by atoms with Gasteiger partial charge in [0.05, 0.1) is 28.7 Å². The number of nitrogens with zero attached hydrogens (tertiary/aromatic N) is 1. The number of nitrogens with one attached hydrogen (secondary N) is 1. The number of benzene rings is 4. The smallest absolute Gasteiger partial charge is 0.290 e. The Kier molecular flexibility index (Phi) is 7.14. The van der Waals surface area contributed by atoms with Crippen LogP contribution in [0.15, 0.2) is 79.1 Å². The molecule has 0 amide bonds. The van der Waals surface area contributed by atoms with E-state index in [0.29, 0.717) is 11.4 Å². The molecular formula is C23H24N4O2. The van der Waals surface area contributed by atoms with E-state index in [0.717, 1.165) is 21.8 Å². The van der Waals surface area contributed by atoms with Gasteiger partial charge in [-0.1, -0.05) is 56.0 Å². The maximum Gasteiger partial charge on any atom is 0.290 e. The number of hydrogen-bond acceptors (Lipinski definition) is 4. The predicted molar refractivity (Wildman–Crippen MR) is 122 cm³/mol. The number of aromatic nitrogens is 2. The zero-order valence-corrected chi connectivity index (χ0v) is 15.0. The summed E-state index contributed by atoms with van der Waals surface area (Å²) in [5, 5.41) is 11.6. The minimum atomic E-state index is -0.250. The monoisotopic (exact) mass is 388 g/mol. The zero-order valence-electron chi connectivity index (χ0n) is 15.0. The van der Waals surface area contributed by atoms with E-state index >= 15 is 0 Å². The molecule has 0 saturated carbocycles. The normalized spacial score (nSPS) is 9.66. The van der Waals surface area contributed by atoms with E-state index in [9.17, 15) is 0 Å².